The standard InChI is InChI=1S/C16H21N3O2.ClH/c17-13-3-1-2-11(13)8-16(21)18-12-6-4-10-5-7-15(20)19-14(10)9-12;/h4,6,9,11,13H,1-3,5,7-8,17H2,(H,18,21)(H,19,20);1H/t11-,13+;/m0./s1. The summed E-state index contributed by atoms with van der Waals surface area (Å²) in [5, 5.41) is 5.75. The minimum Gasteiger partial charge on any atom is -0.327 e. The monoisotopic (exact) mass is 323 g/mol. The largest absolute Gasteiger partial charge is 0.327 e. The normalized spacial score (nSPS) is 23.2. The molecule has 0 aromatic heterocycles. The maximum absolute atomic E-state index is 12.1. The Morgan fingerprint density at radius 1 is 1.32 bits per heavy atom. The van der Waals surface area contributed by atoms with Crippen LogP contribution in [-0.2, 0) is 16.0 Å². The molecule has 1 aromatic rings. The summed E-state index contributed by atoms with van der Waals surface area (Å²) in [6, 6.07) is 5.84. The maximum atomic E-state index is 12.1. The van der Waals surface area contributed by atoms with Crippen molar-refractivity contribution in [2.75, 3.05) is 10.6 Å². The van der Waals surface area contributed by atoms with Gasteiger partial charge in [-0.25, -0.2) is 0 Å². The zero-order valence-electron chi connectivity index (χ0n) is 12.4. The molecule has 0 unspecified atom stereocenters. The van der Waals surface area contributed by atoms with Gasteiger partial charge >= 0.3 is 0 Å². The molecule has 5 nitrogen and oxygen atoms in total. The van der Waals surface area contributed by atoms with E-state index in [0.717, 1.165) is 42.6 Å². The Bertz CT molecular complexity index is 577. The lowest BCUT2D eigenvalue weighted by atomic mass is 9.99. The zero-order chi connectivity index (χ0) is 14.8. The van der Waals surface area contributed by atoms with Crippen LogP contribution in [0.3, 0.4) is 0 Å². The fraction of sp³-hybridized carbons (Fsp3) is 0.500. The van der Waals surface area contributed by atoms with Gasteiger partial charge in [0.25, 0.3) is 0 Å². The molecular weight excluding hydrogens is 302 g/mol. The number of aryl methyl sites for hydroxylation is 1. The molecule has 1 aromatic carbocycles. The number of hydrogen-bond donors (Lipinski definition) is 3. The van der Waals surface area contributed by atoms with Crippen molar-refractivity contribution >= 4 is 35.6 Å². The molecule has 120 valence electrons. The molecule has 22 heavy (non-hydrogen) atoms. The average Bonchev–Trinajstić information content (AvgIpc) is 2.83. The van der Waals surface area contributed by atoms with Crippen molar-refractivity contribution in [1.29, 1.82) is 0 Å². The van der Waals surface area contributed by atoms with Crippen molar-refractivity contribution in [2.24, 2.45) is 11.7 Å². The Kier molecular flexibility index (Phi) is 5.42. The molecule has 1 aliphatic heterocycles. The second-order valence-electron chi connectivity index (χ2n) is 6.03. The van der Waals surface area contributed by atoms with E-state index >= 15 is 0 Å². The number of rotatable bonds is 3. The molecule has 0 radical (unpaired) electrons. The molecule has 0 saturated heterocycles. The Morgan fingerprint density at radius 2 is 2.14 bits per heavy atom. The summed E-state index contributed by atoms with van der Waals surface area (Å²) in [6.45, 7) is 0. The summed E-state index contributed by atoms with van der Waals surface area (Å²) < 4.78 is 0. The minimum atomic E-state index is -0.000522. The van der Waals surface area contributed by atoms with Crippen molar-refractivity contribution in [3.63, 3.8) is 0 Å². The van der Waals surface area contributed by atoms with Gasteiger partial charge < -0.3 is 16.4 Å². The highest BCUT2D eigenvalue weighted by atomic mass is 35.5. The molecule has 6 heteroatoms. The van der Waals surface area contributed by atoms with Crippen molar-refractivity contribution < 1.29 is 9.59 Å². The van der Waals surface area contributed by atoms with E-state index in [1.54, 1.807) is 0 Å². The highest BCUT2D eigenvalue weighted by Gasteiger charge is 2.26. The molecule has 1 fully saturated rings. The first-order valence-corrected chi connectivity index (χ1v) is 7.60. The van der Waals surface area contributed by atoms with Crippen LogP contribution in [-0.4, -0.2) is 17.9 Å². The molecular formula is C16H22ClN3O2. The first-order chi connectivity index (χ1) is 10.1. The number of benzene rings is 1. The van der Waals surface area contributed by atoms with Gasteiger partial charge in [0, 0.05) is 30.3 Å². The van der Waals surface area contributed by atoms with Crippen LogP contribution in [0.5, 0.6) is 0 Å². The number of nitrogens with two attached hydrogens (primary N) is 1. The van der Waals surface area contributed by atoms with Gasteiger partial charge in [0.2, 0.25) is 11.8 Å². The number of anilines is 2. The SMILES string of the molecule is Cl.N[C@@H]1CCC[C@H]1CC(=O)Nc1ccc2c(c1)NC(=O)CC2. The molecule has 0 spiro atoms. The fourth-order valence-corrected chi connectivity index (χ4v) is 3.22. The molecule has 1 heterocycles. The Balaban J connectivity index is 0.00000176. The van der Waals surface area contributed by atoms with Gasteiger partial charge in [-0.1, -0.05) is 12.5 Å². The predicted molar refractivity (Wildman–Crippen MR) is 89.2 cm³/mol. The summed E-state index contributed by atoms with van der Waals surface area (Å²) in [6.07, 6.45) is 4.93. The number of fused-ring (bicyclic) bond motifs is 1. The van der Waals surface area contributed by atoms with Crippen molar-refractivity contribution in [2.45, 2.75) is 44.6 Å². The third-order valence-corrected chi connectivity index (χ3v) is 4.45. The van der Waals surface area contributed by atoms with Crippen LogP contribution in [0.15, 0.2) is 18.2 Å². The molecule has 2 atom stereocenters. The number of hydrogen-bond acceptors (Lipinski definition) is 3. The van der Waals surface area contributed by atoms with Crippen molar-refractivity contribution in [3.8, 4) is 0 Å². The highest BCUT2D eigenvalue weighted by Crippen LogP contribution is 2.28. The van der Waals surface area contributed by atoms with Crippen LogP contribution in [0.2, 0.25) is 0 Å². The smallest absolute Gasteiger partial charge is 0.224 e. The summed E-state index contributed by atoms with van der Waals surface area (Å²) in [5.41, 5.74) is 8.65. The fourth-order valence-electron chi connectivity index (χ4n) is 3.22. The minimum absolute atomic E-state index is 0. The second kappa shape index (κ2) is 7.11. The van der Waals surface area contributed by atoms with Crippen LogP contribution in [0, 0.1) is 5.92 Å². The highest BCUT2D eigenvalue weighted by molar-refractivity contribution is 5.96. The number of halogens is 1. The van der Waals surface area contributed by atoms with Crippen LogP contribution < -0.4 is 16.4 Å². The number of carbonyl (C=O) groups excluding carboxylic acids is 2. The van der Waals surface area contributed by atoms with Gasteiger partial charge in [0.05, 0.1) is 0 Å². The van der Waals surface area contributed by atoms with E-state index in [1.807, 2.05) is 18.2 Å². The van der Waals surface area contributed by atoms with E-state index in [2.05, 4.69) is 10.6 Å². The zero-order valence-corrected chi connectivity index (χ0v) is 13.2. The van der Waals surface area contributed by atoms with E-state index < -0.39 is 0 Å². The van der Waals surface area contributed by atoms with E-state index in [9.17, 15) is 9.59 Å². The third-order valence-electron chi connectivity index (χ3n) is 4.45. The van der Waals surface area contributed by atoms with Gasteiger partial charge in [-0.15, -0.1) is 12.4 Å². The Labute approximate surface area is 136 Å². The van der Waals surface area contributed by atoms with Crippen molar-refractivity contribution in [1.82, 2.24) is 0 Å². The molecule has 3 rings (SSSR count). The Morgan fingerprint density at radius 3 is 2.86 bits per heavy atom. The second-order valence-corrected chi connectivity index (χ2v) is 6.03. The van der Waals surface area contributed by atoms with E-state index in [0.29, 0.717) is 18.8 Å². The quantitative estimate of drug-likeness (QED) is 0.798. The van der Waals surface area contributed by atoms with E-state index in [1.165, 1.54) is 0 Å². The molecule has 2 amide bonds. The molecule has 4 N–H and O–H groups in total. The third kappa shape index (κ3) is 3.78. The molecule has 0 bridgehead atoms. The van der Waals surface area contributed by atoms with Gasteiger partial charge in [-0.2, -0.15) is 0 Å². The molecule has 2 aliphatic rings. The summed E-state index contributed by atoms with van der Waals surface area (Å²) in [5.74, 6) is 0.324. The topological polar surface area (TPSA) is 84.2 Å². The molecule has 1 aliphatic carbocycles. The van der Waals surface area contributed by atoms with Crippen LogP contribution in [0.1, 0.15) is 37.7 Å². The summed E-state index contributed by atoms with van der Waals surface area (Å²) >= 11 is 0. The lowest BCUT2D eigenvalue weighted by molar-refractivity contribution is -0.117. The van der Waals surface area contributed by atoms with Gasteiger partial charge in [-0.05, 0) is 42.9 Å². The van der Waals surface area contributed by atoms with Crippen LogP contribution >= 0.6 is 12.4 Å². The van der Waals surface area contributed by atoms with Crippen LogP contribution in [0.4, 0.5) is 11.4 Å². The lowest BCUT2D eigenvalue weighted by Gasteiger charge is -2.18. The van der Waals surface area contributed by atoms with Gasteiger partial charge in [0.15, 0.2) is 0 Å². The van der Waals surface area contributed by atoms with Gasteiger partial charge in [-0.3, -0.25) is 9.59 Å². The first kappa shape index (κ1) is 16.8. The maximum Gasteiger partial charge on any atom is 0.224 e. The van der Waals surface area contributed by atoms with Gasteiger partial charge in [0.1, 0.15) is 0 Å². The number of nitrogens with one attached hydrogen (secondary N) is 2. The molecule has 1 saturated carbocycles. The first-order valence-electron chi connectivity index (χ1n) is 7.60. The number of amides is 2. The van der Waals surface area contributed by atoms with E-state index in [-0.39, 0.29) is 30.3 Å². The van der Waals surface area contributed by atoms with Crippen molar-refractivity contribution in [3.05, 3.63) is 23.8 Å². The average molecular weight is 324 g/mol. The van der Waals surface area contributed by atoms with E-state index in [4.69, 9.17) is 5.73 Å². The summed E-state index contributed by atoms with van der Waals surface area (Å²) in [7, 11) is 0. The number of carbonyl (C=O) groups is 2. The van der Waals surface area contributed by atoms with Crippen LogP contribution in [0.25, 0.3) is 0 Å². The summed E-state index contributed by atoms with van der Waals surface area (Å²) in [4.78, 5) is 23.5. The lowest BCUT2D eigenvalue weighted by Crippen LogP contribution is -2.28. The predicted octanol–water partition coefficient (Wildman–Crippen LogP) is 2.45. The Hall–Kier alpha value is -1.59.